The third-order valence-electron chi connectivity index (χ3n) is 4.17. The van der Waals surface area contributed by atoms with Crippen LogP contribution in [0.25, 0.3) is 11.1 Å². The smallest absolute Gasteiger partial charge is 0.429 e. The molecule has 0 fully saturated rings. The molecule has 0 amide bonds. The molecule has 7 heteroatoms. The summed E-state index contributed by atoms with van der Waals surface area (Å²) in [6.07, 6.45) is -3.67. The zero-order valence-electron chi connectivity index (χ0n) is 14.6. The van der Waals surface area contributed by atoms with Gasteiger partial charge < -0.3 is 4.74 Å². The normalized spacial score (nSPS) is 11.5. The number of alkyl halides is 2. The fourth-order valence-electron chi connectivity index (χ4n) is 2.69. The lowest BCUT2D eigenvalue weighted by Gasteiger charge is -2.20. The molecule has 3 rings (SSSR count). The molecule has 0 radical (unpaired) electrons. The van der Waals surface area contributed by atoms with Crippen molar-refractivity contribution in [2.45, 2.75) is 19.5 Å². The topological polar surface area (TPSA) is 9.23 Å². The highest BCUT2D eigenvalue weighted by molar-refractivity contribution is 5.64. The number of benzene rings is 3. The second-order valence-electron chi connectivity index (χ2n) is 6.06. The lowest BCUT2D eigenvalue weighted by molar-refractivity contribution is -0.189. The quantitative estimate of drug-likeness (QED) is 0.442. The van der Waals surface area contributed by atoms with E-state index in [0.717, 1.165) is 30.2 Å². The molecule has 0 aromatic heterocycles. The van der Waals surface area contributed by atoms with E-state index in [4.69, 9.17) is 0 Å². The van der Waals surface area contributed by atoms with E-state index in [1.165, 1.54) is 0 Å². The first-order chi connectivity index (χ1) is 13.2. The van der Waals surface area contributed by atoms with Crippen LogP contribution in [0.3, 0.4) is 0 Å². The van der Waals surface area contributed by atoms with E-state index in [0.29, 0.717) is 17.7 Å². The van der Waals surface area contributed by atoms with E-state index in [9.17, 15) is 26.3 Å². The van der Waals surface area contributed by atoms with Crippen molar-refractivity contribution in [2.24, 2.45) is 0 Å². The summed E-state index contributed by atoms with van der Waals surface area (Å²) in [5, 5.41) is 0. The number of ether oxygens (including phenoxy) is 1. The molecule has 0 atom stereocenters. The Hall–Kier alpha value is -2.96. The standard InChI is InChI=1S/C21H14F6O/c1-2-12-3-5-13(6-4-12)14-9-18(24)20(19(25)10-14)21(26,27)28-15-7-8-16(22)17(23)11-15/h3-11H,2H2,1H3. The highest BCUT2D eigenvalue weighted by Crippen LogP contribution is 2.37. The van der Waals surface area contributed by atoms with E-state index in [1.54, 1.807) is 24.3 Å². The first-order valence-corrected chi connectivity index (χ1v) is 8.32. The van der Waals surface area contributed by atoms with Gasteiger partial charge in [0.05, 0.1) is 0 Å². The zero-order chi connectivity index (χ0) is 20.5. The van der Waals surface area contributed by atoms with Gasteiger partial charge in [0.25, 0.3) is 0 Å². The Bertz CT molecular complexity index is 975. The summed E-state index contributed by atoms with van der Waals surface area (Å²) in [5.41, 5.74) is -0.0876. The van der Waals surface area contributed by atoms with Crippen LogP contribution in [-0.2, 0) is 12.5 Å². The molecule has 0 aliphatic heterocycles. The fraction of sp³-hybridized carbons (Fsp3) is 0.143. The van der Waals surface area contributed by atoms with Crippen molar-refractivity contribution in [3.05, 3.63) is 89.0 Å². The maximum Gasteiger partial charge on any atom is 0.432 e. The van der Waals surface area contributed by atoms with E-state index in [-0.39, 0.29) is 5.56 Å². The molecule has 1 nitrogen and oxygen atoms in total. The van der Waals surface area contributed by atoms with E-state index >= 15 is 0 Å². The molecule has 0 bridgehead atoms. The van der Waals surface area contributed by atoms with Crippen LogP contribution in [0.1, 0.15) is 18.1 Å². The average Bonchev–Trinajstić information content (AvgIpc) is 2.63. The van der Waals surface area contributed by atoms with Crippen molar-refractivity contribution in [1.29, 1.82) is 0 Å². The van der Waals surface area contributed by atoms with Crippen molar-refractivity contribution in [1.82, 2.24) is 0 Å². The van der Waals surface area contributed by atoms with E-state index < -0.39 is 40.7 Å². The van der Waals surface area contributed by atoms with Crippen LogP contribution in [0.2, 0.25) is 0 Å². The Labute approximate surface area is 157 Å². The van der Waals surface area contributed by atoms with Crippen molar-refractivity contribution in [2.75, 3.05) is 0 Å². The van der Waals surface area contributed by atoms with Gasteiger partial charge in [0, 0.05) is 6.07 Å². The molecule has 3 aromatic rings. The monoisotopic (exact) mass is 396 g/mol. The SMILES string of the molecule is CCc1ccc(-c2cc(F)c(C(F)(F)Oc3ccc(F)c(F)c3)c(F)c2)cc1. The van der Waals surface area contributed by atoms with Gasteiger partial charge >= 0.3 is 6.11 Å². The van der Waals surface area contributed by atoms with Gasteiger partial charge in [-0.25, -0.2) is 17.6 Å². The Balaban J connectivity index is 1.95. The van der Waals surface area contributed by atoms with Crippen LogP contribution in [0.5, 0.6) is 5.75 Å². The van der Waals surface area contributed by atoms with Crippen LogP contribution < -0.4 is 4.74 Å². The zero-order valence-corrected chi connectivity index (χ0v) is 14.6. The Morgan fingerprint density at radius 1 is 0.714 bits per heavy atom. The largest absolute Gasteiger partial charge is 0.432 e. The number of halogens is 6. The van der Waals surface area contributed by atoms with Gasteiger partial charge in [0.15, 0.2) is 11.6 Å². The molecular weight excluding hydrogens is 382 g/mol. The molecule has 0 heterocycles. The molecule has 28 heavy (non-hydrogen) atoms. The summed E-state index contributed by atoms with van der Waals surface area (Å²) in [7, 11) is 0. The second-order valence-corrected chi connectivity index (χ2v) is 6.06. The van der Waals surface area contributed by atoms with E-state index in [2.05, 4.69) is 4.74 Å². The fourth-order valence-corrected chi connectivity index (χ4v) is 2.69. The number of hydrogen-bond acceptors (Lipinski definition) is 1. The molecule has 0 N–H and O–H groups in total. The van der Waals surface area contributed by atoms with Gasteiger partial charge in [-0.2, -0.15) is 8.78 Å². The van der Waals surface area contributed by atoms with Gasteiger partial charge in [-0.3, -0.25) is 0 Å². The Morgan fingerprint density at radius 2 is 1.32 bits per heavy atom. The summed E-state index contributed by atoms with van der Waals surface area (Å²) >= 11 is 0. The van der Waals surface area contributed by atoms with Crippen LogP contribution in [0, 0.1) is 23.3 Å². The molecule has 0 aliphatic rings. The van der Waals surface area contributed by atoms with Gasteiger partial charge in [0.1, 0.15) is 22.9 Å². The molecule has 0 unspecified atom stereocenters. The van der Waals surface area contributed by atoms with Crippen molar-refractivity contribution < 1.29 is 31.1 Å². The number of rotatable bonds is 5. The number of hydrogen-bond donors (Lipinski definition) is 0. The number of aryl methyl sites for hydroxylation is 1. The maximum atomic E-state index is 14.3. The molecule has 0 aliphatic carbocycles. The van der Waals surface area contributed by atoms with Crippen molar-refractivity contribution in [3.63, 3.8) is 0 Å². The van der Waals surface area contributed by atoms with E-state index in [1.807, 2.05) is 6.92 Å². The Morgan fingerprint density at radius 3 is 1.86 bits per heavy atom. The van der Waals surface area contributed by atoms with Crippen molar-refractivity contribution >= 4 is 0 Å². The lowest BCUT2D eigenvalue weighted by Crippen LogP contribution is -2.25. The average molecular weight is 396 g/mol. The van der Waals surface area contributed by atoms with Crippen molar-refractivity contribution in [3.8, 4) is 16.9 Å². The van der Waals surface area contributed by atoms with Crippen LogP contribution >= 0.6 is 0 Å². The van der Waals surface area contributed by atoms with Gasteiger partial charge in [-0.1, -0.05) is 31.2 Å². The van der Waals surface area contributed by atoms with Crippen LogP contribution in [0.4, 0.5) is 26.3 Å². The summed E-state index contributed by atoms with van der Waals surface area (Å²) < 4.78 is 87.6. The first-order valence-electron chi connectivity index (χ1n) is 8.32. The third kappa shape index (κ3) is 3.98. The predicted molar refractivity (Wildman–Crippen MR) is 92.1 cm³/mol. The Kier molecular flexibility index (Phi) is 5.36. The lowest BCUT2D eigenvalue weighted by atomic mass is 10.0. The summed E-state index contributed by atoms with van der Waals surface area (Å²) in [4.78, 5) is 0. The van der Waals surface area contributed by atoms with Crippen LogP contribution in [0.15, 0.2) is 54.6 Å². The minimum Gasteiger partial charge on any atom is -0.429 e. The van der Waals surface area contributed by atoms with Gasteiger partial charge in [0.2, 0.25) is 0 Å². The minimum absolute atomic E-state index is 0.0741. The van der Waals surface area contributed by atoms with Gasteiger partial charge in [-0.15, -0.1) is 0 Å². The summed E-state index contributed by atoms with van der Waals surface area (Å²) in [6.45, 7) is 1.94. The van der Waals surface area contributed by atoms with Crippen LogP contribution in [-0.4, -0.2) is 0 Å². The summed E-state index contributed by atoms with van der Waals surface area (Å²) in [5.74, 6) is -6.53. The van der Waals surface area contributed by atoms with Gasteiger partial charge in [-0.05, 0) is 47.4 Å². The predicted octanol–water partition coefficient (Wildman–Crippen LogP) is 6.60. The first kappa shape index (κ1) is 19.8. The summed E-state index contributed by atoms with van der Waals surface area (Å²) in [6, 6.07) is 9.97. The molecule has 146 valence electrons. The molecule has 0 spiro atoms. The highest BCUT2D eigenvalue weighted by Gasteiger charge is 2.41. The molecule has 3 aromatic carbocycles. The highest BCUT2D eigenvalue weighted by atomic mass is 19.3. The minimum atomic E-state index is -4.44. The molecule has 0 saturated heterocycles. The third-order valence-corrected chi connectivity index (χ3v) is 4.17. The second kappa shape index (κ2) is 7.58. The molecule has 0 saturated carbocycles. The maximum absolute atomic E-state index is 14.3. The molecular formula is C21H14F6O.